The number of amides is 1. The molecule has 1 aromatic carbocycles. The van der Waals surface area contributed by atoms with Gasteiger partial charge in [0.15, 0.2) is 0 Å². The number of pyridine rings is 1. The first-order valence-electron chi connectivity index (χ1n) is 9.35. The third-order valence-electron chi connectivity index (χ3n) is 4.49. The first-order valence-corrected chi connectivity index (χ1v) is 9.35. The molecular weight excluding hydrogens is 328 g/mol. The minimum absolute atomic E-state index is 0.141. The molecule has 5 heteroatoms. The Kier molecular flexibility index (Phi) is 6.61. The standard InChI is InChI=1S/C21H26N2O3/c1-2-3-4-16-5-8-18(9-6-16)23-21(24)17-7-10-20(22-15-17)26-19-11-13-25-14-12-19/h5-10,15,19H,2-4,11-14H2,1H3,(H,23,24). The Labute approximate surface area is 154 Å². The van der Waals surface area contributed by atoms with E-state index in [2.05, 4.69) is 29.4 Å². The molecule has 0 bridgehead atoms. The average Bonchev–Trinajstić information content (AvgIpc) is 2.69. The van der Waals surface area contributed by atoms with Crippen LogP contribution in [0.4, 0.5) is 5.69 Å². The SMILES string of the molecule is CCCCc1ccc(NC(=O)c2ccc(OC3CCOCC3)nc2)cc1. The van der Waals surface area contributed by atoms with E-state index in [-0.39, 0.29) is 12.0 Å². The number of rotatable bonds is 7. The summed E-state index contributed by atoms with van der Waals surface area (Å²) in [6.07, 6.45) is 6.88. The molecule has 138 valence electrons. The van der Waals surface area contributed by atoms with Crippen molar-refractivity contribution in [2.75, 3.05) is 18.5 Å². The van der Waals surface area contributed by atoms with Gasteiger partial charge in [-0.3, -0.25) is 4.79 Å². The van der Waals surface area contributed by atoms with Gasteiger partial charge in [-0.05, 0) is 36.6 Å². The Balaban J connectivity index is 1.54. The Morgan fingerprint density at radius 2 is 1.96 bits per heavy atom. The molecule has 1 aromatic heterocycles. The van der Waals surface area contributed by atoms with Crippen LogP contribution in [0.25, 0.3) is 0 Å². The van der Waals surface area contributed by atoms with Gasteiger partial charge >= 0.3 is 0 Å². The minimum atomic E-state index is -0.170. The summed E-state index contributed by atoms with van der Waals surface area (Å²) in [6.45, 7) is 3.63. The van der Waals surface area contributed by atoms with Crippen LogP contribution in [0.5, 0.6) is 5.88 Å². The van der Waals surface area contributed by atoms with Gasteiger partial charge in [0, 0.05) is 30.8 Å². The number of carbonyl (C=O) groups excluding carboxylic acids is 1. The van der Waals surface area contributed by atoms with E-state index < -0.39 is 0 Å². The lowest BCUT2D eigenvalue weighted by Gasteiger charge is -2.22. The zero-order valence-corrected chi connectivity index (χ0v) is 15.2. The monoisotopic (exact) mass is 354 g/mol. The Hall–Kier alpha value is -2.40. The van der Waals surface area contributed by atoms with Crippen molar-refractivity contribution >= 4 is 11.6 Å². The fourth-order valence-electron chi connectivity index (χ4n) is 2.89. The number of nitrogens with one attached hydrogen (secondary N) is 1. The first-order chi connectivity index (χ1) is 12.7. The summed E-state index contributed by atoms with van der Waals surface area (Å²) >= 11 is 0. The van der Waals surface area contributed by atoms with E-state index >= 15 is 0 Å². The maximum absolute atomic E-state index is 12.4. The Bertz CT molecular complexity index is 692. The summed E-state index contributed by atoms with van der Waals surface area (Å²) in [5.41, 5.74) is 2.60. The van der Waals surface area contributed by atoms with Crippen molar-refractivity contribution in [2.24, 2.45) is 0 Å². The number of nitrogens with zero attached hydrogens (tertiary/aromatic N) is 1. The predicted molar refractivity (Wildman–Crippen MR) is 102 cm³/mol. The van der Waals surface area contributed by atoms with Crippen molar-refractivity contribution in [1.29, 1.82) is 0 Å². The summed E-state index contributed by atoms with van der Waals surface area (Å²) in [7, 11) is 0. The maximum Gasteiger partial charge on any atom is 0.257 e. The molecule has 0 radical (unpaired) electrons. The molecule has 26 heavy (non-hydrogen) atoms. The number of hydrogen-bond donors (Lipinski definition) is 1. The number of aromatic nitrogens is 1. The minimum Gasteiger partial charge on any atom is -0.474 e. The molecule has 0 atom stereocenters. The van der Waals surface area contributed by atoms with Crippen molar-refractivity contribution < 1.29 is 14.3 Å². The number of aryl methyl sites for hydroxylation is 1. The smallest absolute Gasteiger partial charge is 0.257 e. The Morgan fingerprint density at radius 1 is 1.19 bits per heavy atom. The molecule has 1 fully saturated rings. The van der Waals surface area contributed by atoms with Crippen molar-refractivity contribution in [1.82, 2.24) is 4.98 Å². The highest BCUT2D eigenvalue weighted by Gasteiger charge is 2.16. The van der Waals surface area contributed by atoms with Gasteiger partial charge in [-0.25, -0.2) is 4.98 Å². The van der Waals surface area contributed by atoms with Crippen LogP contribution in [0.15, 0.2) is 42.6 Å². The number of benzene rings is 1. The molecule has 1 aliphatic rings. The molecule has 1 N–H and O–H groups in total. The van der Waals surface area contributed by atoms with Crippen LogP contribution in [0, 0.1) is 0 Å². The summed E-state index contributed by atoms with van der Waals surface area (Å²) in [4.78, 5) is 16.6. The average molecular weight is 354 g/mol. The second kappa shape index (κ2) is 9.34. The number of unbranched alkanes of at least 4 members (excludes halogenated alkanes) is 1. The molecule has 0 saturated carbocycles. The van der Waals surface area contributed by atoms with Crippen LogP contribution in [0.3, 0.4) is 0 Å². The van der Waals surface area contributed by atoms with Crippen LogP contribution in [0.1, 0.15) is 48.5 Å². The van der Waals surface area contributed by atoms with Crippen molar-refractivity contribution in [3.8, 4) is 5.88 Å². The number of ether oxygens (including phenoxy) is 2. The third kappa shape index (κ3) is 5.30. The van der Waals surface area contributed by atoms with Gasteiger partial charge in [0.05, 0.1) is 18.8 Å². The number of hydrogen-bond acceptors (Lipinski definition) is 4. The van der Waals surface area contributed by atoms with E-state index in [0.717, 1.165) is 38.2 Å². The first kappa shape index (κ1) is 18.4. The highest BCUT2D eigenvalue weighted by molar-refractivity contribution is 6.04. The fourth-order valence-corrected chi connectivity index (χ4v) is 2.89. The lowest BCUT2D eigenvalue weighted by Crippen LogP contribution is -2.26. The van der Waals surface area contributed by atoms with E-state index in [4.69, 9.17) is 9.47 Å². The number of carbonyl (C=O) groups is 1. The molecule has 5 nitrogen and oxygen atoms in total. The molecule has 0 unspecified atom stereocenters. The van der Waals surface area contributed by atoms with E-state index in [0.29, 0.717) is 11.4 Å². The van der Waals surface area contributed by atoms with Gasteiger partial charge in [-0.2, -0.15) is 0 Å². The van der Waals surface area contributed by atoms with E-state index in [1.54, 1.807) is 18.3 Å². The quantitative estimate of drug-likeness (QED) is 0.808. The van der Waals surface area contributed by atoms with Crippen LogP contribution >= 0.6 is 0 Å². The van der Waals surface area contributed by atoms with Crippen molar-refractivity contribution in [3.05, 3.63) is 53.7 Å². The van der Waals surface area contributed by atoms with Crippen LogP contribution < -0.4 is 10.1 Å². The molecule has 0 spiro atoms. The fraction of sp³-hybridized carbons (Fsp3) is 0.429. The zero-order valence-electron chi connectivity index (χ0n) is 15.2. The largest absolute Gasteiger partial charge is 0.474 e. The third-order valence-corrected chi connectivity index (χ3v) is 4.49. The lowest BCUT2D eigenvalue weighted by atomic mass is 10.1. The molecule has 2 heterocycles. The van der Waals surface area contributed by atoms with Crippen molar-refractivity contribution in [3.63, 3.8) is 0 Å². The summed E-state index contributed by atoms with van der Waals surface area (Å²) in [6, 6.07) is 11.5. The molecular formula is C21H26N2O3. The lowest BCUT2D eigenvalue weighted by molar-refractivity contribution is 0.0237. The predicted octanol–water partition coefficient (Wildman–Crippen LogP) is 4.23. The van der Waals surface area contributed by atoms with E-state index in [1.165, 1.54) is 18.4 Å². The van der Waals surface area contributed by atoms with E-state index in [9.17, 15) is 4.79 Å². The molecule has 2 aromatic rings. The van der Waals surface area contributed by atoms with Gasteiger partial charge in [-0.15, -0.1) is 0 Å². The Morgan fingerprint density at radius 3 is 2.62 bits per heavy atom. The van der Waals surface area contributed by atoms with E-state index in [1.807, 2.05) is 12.1 Å². The highest BCUT2D eigenvalue weighted by atomic mass is 16.5. The second-order valence-electron chi connectivity index (χ2n) is 6.57. The second-order valence-corrected chi connectivity index (χ2v) is 6.57. The highest BCUT2D eigenvalue weighted by Crippen LogP contribution is 2.17. The summed E-state index contributed by atoms with van der Waals surface area (Å²) in [5, 5.41) is 2.91. The topological polar surface area (TPSA) is 60.5 Å². The van der Waals surface area contributed by atoms with Crippen LogP contribution in [0.2, 0.25) is 0 Å². The van der Waals surface area contributed by atoms with Crippen LogP contribution in [-0.4, -0.2) is 30.2 Å². The van der Waals surface area contributed by atoms with Gasteiger partial charge < -0.3 is 14.8 Å². The van der Waals surface area contributed by atoms with Gasteiger partial charge in [0.25, 0.3) is 5.91 Å². The van der Waals surface area contributed by atoms with Gasteiger partial charge in [0.2, 0.25) is 5.88 Å². The van der Waals surface area contributed by atoms with Crippen molar-refractivity contribution in [2.45, 2.75) is 45.1 Å². The summed E-state index contributed by atoms with van der Waals surface area (Å²) < 4.78 is 11.1. The molecule has 1 aliphatic heterocycles. The summed E-state index contributed by atoms with van der Waals surface area (Å²) in [5.74, 6) is 0.380. The van der Waals surface area contributed by atoms with Gasteiger partial charge in [-0.1, -0.05) is 25.5 Å². The molecule has 1 amide bonds. The zero-order chi connectivity index (χ0) is 18.2. The molecule has 0 aliphatic carbocycles. The number of anilines is 1. The normalized spacial score (nSPS) is 14.8. The molecule has 1 saturated heterocycles. The van der Waals surface area contributed by atoms with Crippen LogP contribution in [-0.2, 0) is 11.2 Å². The maximum atomic E-state index is 12.4. The van der Waals surface area contributed by atoms with Gasteiger partial charge in [0.1, 0.15) is 6.10 Å². The molecule has 3 rings (SSSR count).